The second-order valence-electron chi connectivity index (χ2n) is 7.43. The number of piperidine rings is 2. The molecule has 0 aromatic carbocycles. The summed E-state index contributed by atoms with van der Waals surface area (Å²) >= 11 is 0. The Balaban J connectivity index is 1.36. The molecule has 3 aliphatic heterocycles. The van der Waals surface area contributed by atoms with Crippen molar-refractivity contribution in [3.05, 3.63) is 0 Å². The average molecular weight is 293 g/mol. The molecule has 2 bridgehead atoms. The average Bonchev–Trinajstić information content (AvgIpc) is 2.84. The first-order valence-corrected chi connectivity index (χ1v) is 8.97. The summed E-state index contributed by atoms with van der Waals surface area (Å²) in [6.45, 7) is 5.47. The molecule has 0 spiro atoms. The number of hydrogen-bond donors (Lipinski definition) is 2. The molecule has 0 saturated carbocycles. The Hall–Kier alpha value is -0.610. The second-order valence-corrected chi connectivity index (χ2v) is 7.43. The van der Waals surface area contributed by atoms with Crippen LogP contribution >= 0.6 is 0 Å². The fraction of sp³-hybridized carbons (Fsp3) is 0.941. The SMILES string of the molecule is CC(CNC(=O)CC1CC2CCC(C1)N2)N1CCCCC1. The Kier molecular flexibility index (Phi) is 5.17. The summed E-state index contributed by atoms with van der Waals surface area (Å²) in [6.07, 6.45) is 9.77. The van der Waals surface area contributed by atoms with Gasteiger partial charge in [0.05, 0.1) is 0 Å². The third-order valence-corrected chi connectivity index (χ3v) is 5.65. The monoisotopic (exact) mass is 293 g/mol. The van der Waals surface area contributed by atoms with Crippen molar-refractivity contribution in [1.29, 1.82) is 0 Å². The van der Waals surface area contributed by atoms with Crippen LogP contribution in [0.3, 0.4) is 0 Å². The largest absolute Gasteiger partial charge is 0.355 e. The number of nitrogens with zero attached hydrogens (tertiary/aromatic N) is 1. The van der Waals surface area contributed by atoms with Crippen LogP contribution in [0, 0.1) is 5.92 Å². The van der Waals surface area contributed by atoms with Gasteiger partial charge in [-0.15, -0.1) is 0 Å². The molecule has 3 aliphatic rings. The summed E-state index contributed by atoms with van der Waals surface area (Å²) in [6, 6.07) is 1.86. The molecule has 0 radical (unpaired) electrons. The lowest BCUT2D eigenvalue weighted by molar-refractivity contribution is -0.122. The smallest absolute Gasteiger partial charge is 0.220 e. The normalized spacial score (nSPS) is 34.6. The van der Waals surface area contributed by atoms with Gasteiger partial charge in [-0.05, 0) is 64.5 Å². The van der Waals surface area contributed by atoms with E-state index in [-0.39, 0.29) is 5.91 Å². The van der Waals surface area contributed by atoms with Gasteiger partial charge in [0, 0.05) is 31.1 Å². The summed E-state index contributed by atoms with van der Waals surface area (Å²) < 4.78 is 0. The van der Waals surface area contributed by atoms with Crippen molar-refractivity contribution in [1.82, 2.24) is 15.5 Å². The number of carbonyl (C=O) groups excluding carboxylic acids is 1. The maximum Gasteiger partial charge on any atom is 0.220 e. The quantitative estimate of drug-likeness (QED) is 0.814. The van der Waals surface area contributed by atoms with Crippen molar-refractivity contribution in [3.63, 3.8) is 0 Å². The standard InChI is InChI=1S/C17H31N3O/c1-13(20-7-3-2-4-8-20)12-18-17(21)11-14-9-15-5-6-16(10-14)19-15/h13-16,19H,2-12H2,1H3,(H,18,21). The number of fused-ring (bicyclic) bond motifs is 2. The maximum atomic E-state index is 12.2. The van der Waals surface area contributed by atoms with E-state index in [1.807, 2.05) is 0 Å². The lowest BCUT2D eigenvalue weighted by Gasteiger charge is -2.32. The molecule has 3 unspecified atom stereocenters. The summed E-state index contributed by atoms with van der Waals surface area (Å²) in [5.74, 6) is 0.874. The van der Waals surface area contributed by atoms with Gasteiger partial charge in [0.25, 0.3) is 0 Å². The Bertz CT molecular complexity index is 342. The highest BCUT2D eigenvalue weighted by Gasteiger charge is 2.34. The molecular formula is C17H31N3O. The molecule has 3 fully saturated rings. The highest BCUT2D eigenvalue weighted by molar-refractivity contribution is 5.76. The number of hydrogen-bond acceptors (Lipinski definition) is 3. The number of nitrogens with one attached hydrogen (secondary N) is 2. The van der Waals surface area contributed by atoms with Gasteiger partial charge in [-0.1, -0.05) is 6.42 Å². The maximum absolute atomic E-state index is 12.2. The van der Waals surface area contributed by atoms with E-state index in [1.54, 1.807) is 0 Å². The lowest BCUT2D eigenvalue weighted by atomic mass is 9.89. The first kappa shape index (κ1) is 15.3. The van der Waals surface area contributed by atoms with Gasteiger partial charge in [0.1, 0.15) is 0 Å². The Morgan fingerprint density at radius 3 is 2.52 bits per heavy atom. The molecular weight excluding hydrogens is 262 g/mol. The molecule has 3 rings (SSSR count). The molecule has 0 aliphatic carbocycles. The summed E-state index contributed by atoms with van der Waals surface area (Å²) in [4.78, 5) is 14.7. The predicted molar refractivity (Wildman–Crippen MR) is 85.2 cm³/mol. The van der Waals surface area contributed by atoms with Crippen molar-refractivity contribution >= 4 is 5.91 Å². The van der Waals surface area contributed by atoms with Gasteiger partial charge in [0.2, 0.25) is 5.91 Å². The third kappa shape index (κ3) is 4.19. The van der Waals surface area contributed by atoms with Gasteiger partial charge in [-0.25, -0.2) is 0 Å². The van der Waals surface area contributed by atoms with Crippen molar-refractivity contribution in [2.45, 2.75) is 76.4 Å². The number of amides is 1. The fourth-order valence-electron chi connectivity index (χ4n) is 4.43. The van der Waals surface area contributed by atoms with E-state index >= 15 is 0 Å². The Morgan fingerprint density at radius 2 is 1.86 bits per heavy atom. The van der Waals surface area contributed by atoms with Crippen LogP contribution in [-0.4, -0.2) is 48.6 Å². The lowest BCUT2D eigenvalue weighted by Crippen LogP contribution is -2.45. The molecule has 4 nitrogen and oxygen atoms in total. The van der Waals surface area contributed by atoms with E-state index in [1.165, 1.54) is 58.0 Å². The van der Waals surface area contributed by atoms with Crippen molar-refractivity contribution < 1.29 is 4.79 Å². The zero-order chi connectivity index (χ0) is 14.7. The van der Waals surface area contributed by atoms with E-state index in [0.717, 1.165) is 13.0 Å². The van der Waals surface area contributed by atoms with Crippen molar-refractivity contribution in [3.8, 4) is 0 Å². The molecule has 0 aromatic heterocycles. The molecule has 21 heavy (non-hydrogen) atoms. The topological polar surface area (TPSA) is 44.4 Å². The van der Waals surface area contributed by atoms with Crippen molar-refractivity contribution in [2.75, 3.05) is 19.6 Å². The van der Waals surface area contributed by atoms with Gasteiger partial charge in [-0.2, -0.15) is 0 Å². The van der Waals surface area contributed by atoms with Crippen LogP contribution in [0.25, 0.3) is 0 Å². The molecule has 3 saturated heterocycles. The van der Waals surface area contributed by atoms with Crippen molar-refractivity contribution in [2.24, 2.45) is 5.92 Å². The third-order valence-electron chi connectivity index (χ3n) is 5.65. The van der Waals surface area contributed by atoms with Crippen LogP contribution in [0.15, 0.2) is 0 Å². The van der Waals surface area contributed by atoms with E-state index < -0.39 is 0 Å². The highest BCUT2D eigenvalue weighted by atomic mass is 16.1. The minimum atomic E-state index is 0.269. The van der Waals surface area contributed by atoms with Crippen LogP contribution in [-0.2, 0) is 4.79 Å². The summed E-state index contributed by atoms with van der Waals surface area (Å²) in [5.41, 5.74) is 0. The molecule has 3 heterocycles. The van der Waals surface area contributed by atoms with Gasteiger partial charge in [-0.3, -0.25) is 9.69 Å². The number of carbonyl (C=O) groups is 1. The summed E-state index contributed by atoms with van der Waals surface area (Å²) in [5, 5.41) is 6.82. The minimum Gasteiger partial charge on any atom is -0.355 e. The Morgan fingerprint density at radius 1 is 1.19 bits per heavy atom. The minimum absolute atomic E-state index is 0.269. The fourth-order valence-corrected chi connectivity index (χ4v) is 4.43. The molecule has 0 aromatic rings. The first-order chi connectivity index (χ1) is 10.2. The van der Waals surface area contributed by atoms with Gasteiger partial charge < -0.3 is 10.6 Å². The zero-order valence-corrected chi connectivity index (χ0v) is 13.4. The van der Waals surface area contributed by atoms with Crippen LogP contribution in [0.2, 0.25) is 0 Å². The van der Waals surface area contributed by atoms with Gasteiger partial charge in [0.15, 0.2) is 0 Å². The summed E-state index contributed by atoms with van der Waals surface area (Å²) in [7, 11) is 0. The van der Waals surface area contributed by atoms with Crippen LogP contribution in [0.4, 0.5) is 0 Å². The number of rotatable bonds is 5. The van der Waals surface area contributed by atoms with E-state index in [2.05, 4.69) is 22.5 Å². The predicted octanol–water partition coefficient (Wildman–Crippen LogP) is 1.90. The Labute approximate surface area is 129 Å². The molecule has 120 valence electrons. The van der Waals surface area contributed by atoms with Crippen LogP contribution in [0.5, 0.6) is 0 Å². The van der Waals surface area contributed by atoms with E-state index in [9.17, 15) is 4.79 Å². The van der Waals surface area contributed by atoms with E-state index in [4.69, 9.17) is 0 Å². The van der Waals surface area contributed by atoms with Gasteiger partial charge >= 0.3 is 0 Å². The van der Waals surface area contributed by atoms with Crippen LogP contribution in [0.1, 0.15) is 58.3 Å². The first-order valence-electron chi connectivity index (χ1n) is 8.97. The van der Waals surface area contributed by atoms with E-state index in [0.29, 0.717) is 24.0 Å². The molecule has 2 N–H and O–H groups in total. The van der Waals surface area contributed by atoms with Crippen LogP contribution < -0.4 is 10.6 Å². The molecule has 3 atom stereocenters. The molecule has 1 amide bonds. The molecule has 4 heteroatoms. The number of likely N-dealkylation sites (tertiary alicyclic amines) is 1. The second kappa shape index (κ2) is 7.10. The zero-order valence-electron chi connectivity index (χ0n) is 13.4. The highest BCUT2D eigenvalue weighted by Crippen LogP contribution is 2.32.